The molecule has 2 aromatic rings. The van der Waals surface area contributed by atoms with E-state index in [0.29, 0.717) is 10.9 Å². The summed E-state index contributed by atoms with van der Waals surface area (Å²) in [6.45, 7) is 4.14. The lowest BCUT2D eigenvalue weighted by molar-refractivity contribution is -0.111. The molecule has 3 rings (SSSR count). The van der Waals surface area contributed by atoms with Crippen molar-refractivity contribution in [2.75, 3.05) is 12.1 Å². The van der Waals surface area contributed by atoms with Crippen LogP contribution in [0.2, 0.25) is 0 Å². The second kappa shape index (κ2) is 5.57. The van der Waals surface area contributed by atoms with E-state index in [1.54, 1.807) is 6.08 Å². The Bertz CT molecular complexity index is 702. The molecule has 0 fully saturated rings. The van der Waals surface area contributed by atoms with Crippen LogP contribution in [0.5, 0.6) is 11.5 Å². The number of anilines is 1. The van der Waals surface area contributed by atoms with Gasteiger partial charge in [0.15, 0.2) is 16.6 Å². The van der Waals surface area contributed by atoms with Crippen molar-refractivity contribution in [2.45, 2.75) is 13.8 Å². The molecule has 0 radical (unpaired) electrons. The van der Waals surface area contributed by atoms with E-state index in [1.165, 1.54) is 17.4 Å². The van der Waals surface area contributed by atoms with Crippen molar-refractivity contribution < 1.29 is 14.3 Å². The molecule has 1 aliphatic rings. The minimum absolute atomic E-state index is 0.207. The lowest BCUT2D eigenvalue weighted by atomic mass is 10.2. The van der Waals surface area contributed by atoms with E-state index < -0.39 is 0 Å². The van der Waals surface area contributed by atoms with E-state index in [0.717, 1.165) is 21.9 Å². The number of amides is 1. The van der Waals surface area contributed by atoms with Gasteiger partial charge in [-0.15, -0.1) is 11.3 Å². The minimum Gasteiger partial charge on any atom is -0.454 e. The summed E-state index contributed by atoms with van der Waals surface area (Å²) in [6, 6.07) is 5.53. The molecule has 108 valence electrons. The van der Waals surface area contributed by atoms with Gasteiger partial charge in [0.2, 0.25) is 12.7 Å². The van der Waals surface area contributed by atoms with Crippen LogP contribution >= 0.6 is 11.3 Å². The Kier molecular flexibility index (Phi) is 3.62. The molecule has 6 heteroatoms. The molecular weight excluding hydrogens is 288 g/mol. The molecule has 0 spiro atoms. The topological polar surface area (TPSA) is 60.5 Å². The number of aromatic nitrogens is 1. The molecule has 5 nitrogen and oxygen atoms in total. The van der Waals surface area contributed by atoms with Crippen LogP contribution in [0, 0.1) is 13.8 Å². The predicted octanol–water partition coefficient (Wildman–Crippen LogP) is 3.14. The van der Waals surface area contributed by atoms with E-state index in [2.05, 4.69) is 10.3 Å². The van der Waals surface area contributed by atoms with Gasteiger partial charge in [-0.2, -0.15) is 0 Å². The number of hydrogen-bond acceptors (Lipinski definition) is 5. The average molecular weight is 302 g/mol. The van der Waals surface area contributed by atoms with Crippen LogP contribution in [0.25, 0.3) is 6.08 Å². The van der Waals surface area contributed by atoms with Crippen molar-refractivity contribution in [3.63, 3.8) is 0 Å². The molecule has 1 aromatic carbocycles. The monoisotopic (exact) mass is 302 g/mol. The number of thiazole rings is 1. The molecule has 1 amide bonds. The highest BCUT2D eigenvalue weighted by molar-refractivity contribution is 7.15. The van der Waals surface area contributed by atoms with Gasteiger partial charge in [0, 0.05) is 11.0 Å². The average Bonchev–Trinajstić information content (AvgIpc) is 3.03. The van der Waals surface area contributed by atoms with Gasteiger partial charge in [-0.3, -0.25) is 10.1 Å². The maximum atomic E-state index is 11.9. The Morgan fingerprint density at radius 3 is 2.90 bits per heavy atom. The van der Waals surface area contributed by atoms with E-state index in [4.69, 9.17) is 9.47 Å². The molecule has 1 aromatic heterocycles. The lowest BCUT2D eigenvalue weighted by Gasteiger charge is -1.98. The van der Waals surface area contributed by atoms with Crippen LogP contribution in [0.4, 0.5) is 5.13 Å². The zero-order valence-corrected chi connectivity index (χ0v) is 12.5. The van der Waals surface area contributed by atoms with Crippen molar-refractivity contribution in [1.29, 1.82) is 0 Å². The quantitative estimate of drug-likeness (QED) is 0.885. The zero-order valence-electron chi connectivity index (χ0n) is 11.7. The molecule has 0 bridgehead atoms. The van der Waals surface area contributed by atoms with E-state index in [-0.39, 0.29) is 12.7 Å². The first-order chi connectivity index (χ1) is 10.1. The standard InChI is InChI=1S/C15H14N2O3S/c1-9-10(2)21-15(16-9)17-14(18)6-4-11-3-5-12-13(7-11)20-8-19-12/h3-7H,8H2,1-2H3,(H,16,17,18). The molecule has 0 unspecified atom stereocenters. The Morgan fingerprint density at radius 2 is 2.14 bits per heavy atom. The van der Waals surface area contributed by atoms with Crippen molar-refractivity contribution in [1.82, 2.24) is 4.98 Å². The normalized spacial score (nSPS) is 12.9. The second-order valence-electron chi connectivity index (χ2n) is 4.60. The number of carbonyl (C=O) groups excluding carboxylic acids is 1. The van der Waals surface area contributed by atoms with Gasteiger partial charge in [0.05, 0.1) is 5.69 Å². The number of rotatable bonds is 3. The molecule has 1 aliphatic heterocycles. The summed E-state index contributed by atoms with van der Waals surface area (Å²) < 4.78 is 10.5. The summed E-state index contributed by atoms with van der Waals surface area (Å²) in [5, 5.41) is 3.37. The summed E-state index contributed by atoms with van der Waals surface area (Å²) in [5.41, 5.74) is 1.82. The highest BCUT2D eigenvalue weighted by Crippen LogP contribution is 2.32. The second-order valence-corrected chi connectivity index (χ2v) is 5.80. The van der Waals surface area contributed by atoms with E-state index in [9.17, 15) is 4.79 Å². The maximum absolute atomic E-state index is 11.9. The van der Waals surface area contributed by atoms with E-state index >= 15 is 0 Å². The van der Waals surface area contributed by atoms with Gasteiger partial charge < -0.3 is 9.47 Å². The number of hydrogen-bond donors (Lipinski definition) is 1. The third kappa shape index (κ3) is 3.05. The van der Waals surface area contributed by atoms with Crippen molar-refractivity contribution in [3.8, 4) is 11.5 Å². The Hall–Kier alpha value is -2.34. The highest BCUT2D eigenvalue weighted by atomic mass is 32.1. The fourth-order valence-corrected chi connectivity index (χ4v) is 2.68. The van der Waals surface area contributed by atoms with Crippen LogP contribution < -0.4 is 14.8 Å². The number of nitrogens with one attached hydrogen (secondary N) is 1. The molecule has 0 saturated carbocycles. The van der Waals surface area contributed by atoms with Gasteiger partial charge in [-0.05, 0) is 37.6 Å². The van der Waals surface area contributed by atoms with Crippen LogP contribution in [0.1, 0.15) is 16.1 Å². The first-order valence-electron chi connectivity index (χ1n) is 6.44. The Morgan fingerprint density at radius 1 is 1.33 bits per heavy atom. The SMILES string of the molecule is Cc1nc(NC(=O)C=Cc2ccc3c(c2)OCO3)sc1C. The molecule has 0 aliphatic carbocycles. The predicted molar refractivity (Wildman–Crippen MR) is 81.8 cm³/mol. The molecular formula is C15H14N2O3S. The molecule has 0 atom stereocenters. The molecule has 0 saturated heterocycles. The summed E-state index contributed by atoms with van der Waals surface area (Å²) in [6.07, 6.45) is 3.20. The number of fused-ring (bicyclic) bond motifs is 1. The van der Waals surface area contributed by atoms with Gasteiger partial charge in [0.25, 0.3) is 0 Å². The van der Waals surface area contributed by atoms with Crippen LogP contribution in [0.15, 0.2) is 24.3 Å². The number of ether oxygens (including phenoxy) is 2. The minimum atomic E-state index is -0.207. The highest BCUT2D eigenvalue weighted by Gasteiger charge is 2.12. The van der Waals surface area contributed by atoms with Crippen molar-refractivity contribution in [2.24, 2.45) is 0 Å². The summed E-state index contributed by atoms with van der Waals surface area (Å²) >= 11 is 1.47. The number of benzene rings is 1. The van der Waals surface area contributed by atoms with Crippen LogP contribution in [-0.2, 0) is 4.79 Å². The first-order valence-corrected chi connectivity index (χ1v) is 7.26. The summed E-state index contributed by atoms with van der Waals surface area (Å²) in [4.78, 5) is 17.2. The van der Waals surface area contributed by atoms with Crippen molar-refractivity contribution >= 4 is 28.5 Å². The third-order valence-corrected chi connectivity index (χ3v) is 4.07. The lowest BCUT2D eigenvalue weighted by Crippen LogP contribution is -2.07. The zero-order chi connectivity index (χ0) is 14.8. The number of aryl methyl sites for hydroxylation is 2. The molecule has 2 heterocycles. The molecule has 21 heavy (non-hydrogen) atoms. The summed E-state index contributed by atoms with van der Waals surface area (Å²) in [7, 11) is 0. The molecule has 1 N–H and O–H groups in total. The fourth-order valence-electron chi connectivity index (χ4n) is 1.86. The third-order valence-electron chi connectivity index (χ3n) is 3.08. The Balaban J connectivity index is 1.66. The number of carbonyl (C=O) groups is 1. The Labute approximate surface area is 126 Å². The van der Waals surface area contributed by atoms with Gasteiger partial charge in [-0.25, -0.2) is 4.98 Å². The summed E-state index contributed by atoms with van der Waals surface area (Å²) in [5.74, 6) is 1.22. The largest absolute Gasteiger partial charge is 0.454 e. The van der Waals surface area contributed by atoms with Crippen LogP contribution in [-0.4, -0.2) is 17.7 Å². The van der Waals surface area contributed by atoms with Gasteiger partial charge in [-0.1, -0.05) is 6.07 Å². The van der Waals surface area contributed by atoms with E-state index in [1.807, 2.05) is 32.0 Å². The van der Waals surface area contributed by atoms with Gasteiger partial charge >= 0.3 is 0 Å². The van der Waals surface area contributed by atoms with Gasteiger partial charge in [0.1, 0.15) is 0 Å². The first kappa shape index (κ1) is 13.6. The van der Waals surface area contributed by atoms with Crippen molar-refractivity contribution in [3.05, 3.63) is 40.4 Å². The maximum Gasteiger partial charge on any atom is 0.250 e. The fraction of sp³-hybridized carbons (Fsp3) is 0.200. The van der Waals surface area contributed by atoms with Crippen LogP contribution in [0.3, 0.4) is 0 Å². The number of nitrogens with zero attached hydrogens (tertiary/aromatic N) is 1. The smallest absolute Gasteiger partial charge is 0.250 e.